The second-order valence-corrected chi connectivity index (χ2v) is 5.93. The Hall–Kier alpha value is -0.790. The smallest absolute Gasteiger partial charge is 0.0408 e. The van der Waals surface area contributed by atoms with Crippen molar-refractivity contribution in [3.05, 3.63) is 46.5 Å². The van der Waals surface area contributed by atoms with Crippen LogP contribution < -0.4 is 5.32 Å². The molecule has 0 amide bonds. The maximum atomic E-state index is 6.04. The SMILES string of the molecule is Clc1ccc2c(c1)CCC2NCC1CC=CCC1. The molecule has 0 saturated heterocycles. The maximum absolute atomic E-state index is 6.04. The minimum atomic E-state index is 0.545. The number of halogens is 1. The first-order chi connectivity index (χ1) is 8.83. The average molecular weight is 262 g/mol. The van der Waals surface area contributed by atoms with E-state index in [0.717, 1.165) is 23.9 Å². The van der Waals surface area contributed by atoms with Crippen molar-refractivity contribution in [2.45, 2.75) is 38.1 Å². The van der Waals surface area contributed by atoms with E-state index in [1.54, 1.807) is 0 Å². The molecule has 0 radical (unpaired) electrons. The van der Waals surface area contributed by atoms with Crippen molar-refractivity contribution in [3.63, 3.8) is 0 Å². The van der Waals surface area contributed by atoms with Gasteiger partial charge in [0.1, 0.15) is 0 Å². The summed E-state index contributed by atoms with van der Waals surface area (Å²) >= 11 is 6.04. The van der Waals surface area contributed by atoms with Gasteiger partial charge >= 0.3 is 0 Å². The molecule has 0 fully saturated rings. The number of aryl methyl sites for hydroxylation is 1. The van der Waals surface area contributed by atoms with E-state index in [-0.39, 0.29) is 0 Å². The van der Waals surface area contributed by atoms with Crippen LogP contribution in [0.2, 0.25) is 5.02 Å². The van der Waals surface area contributed by atoms with Crippen LogP contribution in [0.4, 0.5) is 0 Å². The van der Waals surface area contributed by atoms with Gasteiger partial charge in [-0.05, 0) is 67.8 Å². The molecule has 2 atom stereocenters. The van der Waals surface area contributed by atoms with E-state index in [9.17, 15) is 0 Å². The van der Waals surface area contributed by atoms with Crippen molar-refractivity contribution >= 4 is 11.6 Å². The first kappa shape index (κ1) is 12.3. The zero-order valence-corrected chi connectivity index (χ0v) is 11.4. The van der Waals surface area contributed by atoms with E-state index in [1.807, 2.05) is 6.07 Å². The largest absolute Gasteiger partial charge is 0.310 e. The van der Waals surface area contributed by atoms with Crippen molar-refractivity contribution in [2.24, 2.45) is 5.92 Å². The minimum absolute atomic E-state index is 0.545. The van der Waals surface area contributed by atoms with Gasteiger partial charge in [0.2, 0.25) is 0 Å². The van der Waals surface area contributed by atoms with Crippen LogP contribution in [-0.2, 0) is 6.42 Å². The van der Waals surface area contributed by atoms with E-state index in [2.05, 4.69) is 29.6 Å². The molecular weight excluding hydrogens is 242 g/mol. The Bertz CT molecular complexity index is 452. The molecule has 0 spiro atoms. The second kappa shape index (κ2) is 5.46. The Balaban J connectivity index is 1.60. The molecule has 2 aliphatic rings. The van der Waals surface area contributed by atoms with Gasteiger partial charge in [-0.25, -0.2) is 0 Å². The molecule has 0 aliphatic heterocycles. The normalized spacial score (nSPS) is 26.3. The van der Waals surface area contributed by atoms with E-state index >= 15 is 0 Å². The van der Waals surface area contributed by atoms with Gasteiger partial charge in [0.15, 0.2) is 0 Å². The highest BCUT2D eigenvalue weighted by Gasteiger charge is 2.23. The first-order valence-electron chi connectivity index (χ1n) is 6.99. The number of hydrogen-bond acceptors (Lipinski definition) is 1. The molecule has 96 valence electrons. The molecule has 18 heavy (non-hydrogen) atoms. The first-order valence-corrected chi connectivity index (χ1v) is 7.37. The van der Waals surface area contributed by atoms with Crippen LogP contribution in [0.15, 0.2) is 30.4 Å². The van der Waals surface area contributed by atoms with Crippen LogP contribution in [0.1, 0.15) is 42.9 Å². The predicted octanol–water partition coefficient (Wildman–Crippen LogP) is 4.27. The molecule has 1 aromatic carbocycles. The van der Waals surface area contributed by atoms with E-state index in [0.29, 0.717) is 6.04 Å². The summed E-state index contributed by atoms with van der Waals surface area (Å²) in [6.45, 7) is 1.15. The molecule has 0 heterocycles. The third-order valence-electron chi connectivity index (χ3n) is 4.21. The summed E-state index contributed by atoms with van der Waals surface area (Å²) in [6.07, 6.45) is 10.9. The monoisotopic (exact) mass is 261 g/mol. The highest BCUT2D eigenvalue weighted by atomic mass is 35.5. The van der Waals surface area contributed by atoms with Gasteiger partial charge in [0.25, 0.3) is 0 Å². The molecule has 3 rings (SSSR count). The van der Waals surface area contributed by atoms with Crippen molar-refractivity contribution in [1.82, 2.24) is 5.32 Å². The fourth-order valence-corrected chi connectivity index (χ4v) is 3.34. The number of hydrogen-bond donors (Lipinski definition) is 1. The third kappa shape index (κ3) is 2.62. The van der Waals surface area contributed by atoms with Crippen molar-refractivity contribution in [3.8, 4) is 0 Å². The lowest BCUT2D eigenvalue weighted by molar-refractivity contribution is 0.404. The van der Waals surface area contributed by atoms with Crippen LogP contribution in [0.5, 0.6) is 0 Å². The van der Waals surface area contributed by atoms with Crippen LogP contribution in [0, 0.1) is 5.92 Å². The summed E-state index contributed by atoms with van der Waals surface area (Å²) in [6, 6.07) is 6.89. The van der Waals surface area contributed by atoms with Crippen molar-refractivity contribution in [1.29, 1.82) is 0 Å². The zero-order valence-electron chi connectivity index (χ0n) is 10.7. The van der Waals surface area contributed by atoms with Gasteiger partial charge < -0.3 is 5.32 Å². The molecule has 0 bridgehead atoms. The molecule has 0 aromatic heterocycles. The number of benzene rings is 1. The lowest BCUT2D eigenvalue weighted by Crippen LogP contribution is -2.26. The zero-order chi connectivity index (χ0) is 12.4. The summed E-state index contributed by atoms with van der Waals surface area (Å²) in [5.74, 6) is 0.825. The lowest BCUT2D eigenvalue weighted by atomic mass is 9.94. The summed E-state index contributed by atoms with van der Waals surface area (Å²) in [5.41, 5.74) is 2.90. The van der Waals surface area contributed by atoms with Gasteiger partial charge in [-0.1, -0.05) is 29.8 Å². The van der Waals surface area contributed by atoms with Gasteiger partial charge in [0, 0.05) is 11.1 Å². The predicted molar refractivity (Wildman–Crippen MR) is 77.0 cm³/mol. The standard InChI is InChI=1S/C16H20ClN/c17-14-7-8-15-13(10-14)6-9-16(15)18-11-12-4-2-1-3-5-12/h1-2,7-8,10,12,16,18H,3-6,9,11H2. The average Bonchev–Trinajstić information content (AvgIpc) is 2.80. The summed E-state index contributed by atoms with van der Waals surface area (Å²) in [7, 11) is 0. The summed E-state index contributed by atoms with van der Waals surface area (Å²) in [5, 5.41) is 4.62. The summed E-state index contributed by atoms with van der Waals surface area (Å²) in [4.78, 5) is 0. The topological polar surface area (TPSA) is 12.0 Å². The molecule has 1 aromatic rings. The number of rotatable bonds is 3. The van der Waals surface area contributed by atoms with Crippen LogP contribution in [0.3, 0.4) is 0 Å². The van der Waals surface area contributed by atoms with Gasteiger partial charge in [-0.3, -0.25) is 0 Å². The molecule has 2 heteroatoms. The Kier molecular flexibility index (Phi) is 3.72. The van der Waals surface area contributed by atoms with Gasteiger partial charge in [-0.15, -0.1) is 0 Å². The van der Waals surface area contributed by atoms with E-state index < -0.39 is 0 Å². The minimum Gasteiger partial charge on any atom is -0.310 e. The molecule has 2 unspecified atom stereocenters. The van der Waals surface area contributed by atoms with E-state index in [1.165, 1.54) is 36.8 Å². The Morgan fingerprint density at radius 2 is 2.17 bits per heavy atom. The highest BCUT2D eigenvalue weighted by molar-refractivity contribution is 6.30. The molecule has 0 saturated carbocycles. The quantitative estimate of drug-likeness (QED) is 0.801. The van der Waals surface area contributed by atoms with Crippen LogP contribution in [0.25, 0.3) is 0 Å². The Labute approximate surface area is 114 Å². The van der Waals surface area contributed by atoms with Crippen LogP contribution in [-0.4, -0.2) is 6.54 Å². The van der Waals surface area contributed by atoms with Crippen molar-refractivity contribution in [2.75, 3.05) is 6.54 Å². The molecule has 1 N–H and O–H groups in total. The fourth-order valence-electron chi connectivity index (χ4n) is 3.15. The van der Waals surface area contributed by atoms with Crippen LogP contribution >= 0.6 is 11.6 Å². The third-order valence-corrected chi connectivity index (χ3v) is 4.45. The second-order valence-electron chi connectivity index (χ2n) is 5.49. The maximum Gasteiger partial charge on any atom is 0.0408 e. The number of nitrogens with one attached hydrogen (secondary N) is 1. The van der Waals surface area contributed by atoms with E-state index in [4.69, 9.17) is 11.6 Å². The van der Waals surface area contributed by atoms with Gasteiger partial charge in [0.05, 0.1) is 0 Å². The molecule has 2 aliphatic carbocycles. The Morgan fingerprint density at radius 3 is 3.00 bits per heavy atom. The highest BCUT2D eigenvalue weighted by Crippen LogP contribution is 2.33. The molecule has 1 nitrogen and oxygen atoms in total. The summed E-state index contributed by atoms with van der Waals surface area (Å²) < 4.78 is 0. The fraction of sp³-hybridized carbons (Fsp3) is 0.500. The number of allylic oxidation sites excluding steroid dienone is 2. The van der Waals surface area contributed by atoms with Crippen molar-refractivity contribution < 1.29 is 0 Å². The Morgan fingerprint density at radius 1 is 1.22 bits per heavy atom. The molecular formula is C16H20ClN. The number of fused-ring (bicyclic) bond motifs is 1. The van der Waals surface area contributed by atoms with Gasteiger partial charge in [-0.2, -0.15) is 0 Å². The lowest BCUT2D eigenvalue weighted by Gasteiger charge is -2.21.